The summed E-state index contributed by atoms with van der Waals surface area (Å²) in [5.41, 5.74) is 7.89. The molecular weight excluding hydrogens is 524 g/mol. The number of carbonyl (C=O) groups excluding carboxylic acids is 2. The molecule has 210 valence electrons. The molecule has 3 heterocycles. The molecule has 2 amide bonds. The molecule has 0 bridgehead atoms. The number of fused-ring (bicyclic) bond motifs is 2. The minimum atomic E-state index is -0.0895. The first-order chi connectivity index (χ1) is 20.4. The highest BCUT2D eigenvalue weighted by Crippen LogP contribution is 2.34. The first-order valence-corrected chi connectivity index (χ1v) is 13.9. The summed E-state index contributed by atoms with van der Waals surface area (Å²) in [5.74, 6) is 0.622. The second kappa shape index (κ2) is 11.4. The van der Waals surface area contributed by atoms with Crippen LogP contribution in [0.1, 0.15) is 43.2 Å². The van der Waals surface area contributed by atoms with E-state index in [-0.39, 0.29) is 11.8 Å². The second-order valence-electron chi connectivity index (χ2n) is 10.6. The van der Waals surface area contributed by atoms with E-state index >= 15 is 0 Å². The summed E-state index contributed by atoms with van der Waals surface area (Å²) in [6.45, 7) is 3.32. The van der Waals surface area contributed by atoms with Gasteiger partial charge in [0, 0.05) is 48.5 Å². The summed E-state index contributed by atoms with van der Waals surface area (Å²) in [6, 6.07) is 29.3. The Kier molecular flexibility index (Phi) is 7.32. The molecule has 0 saturated carbocycles. The minimum absolute atomic E-state index is 0.0788. The number of benzene rings is 3. The smallest absolute Gasteiger partial charge is 0.270 e. The quantitative estimate of drug-likeness (QED) is 0.245. The summed E-state index contributed by atoms with van der Waals surface area (Å²) in [7, 11) is 3.46. The zero-order valence-electron chi connectivity index (χ0n) is 23.9. The maximum absolute atomic E-state index is 14.1. The average Bonchev–Trinajstić information content (AvgIpc) is 3.33. The topological polar surface area (TPSA) is 67.7 Å². The molecule has 0 saturated heterocycles. The highest BCUT2D eigenvalue weighted by atomic mass is 16.5. The number of aromatic nitrogens is 2. The summed E-state index contributed by atoms with van der Waals surface area (Å²) in [6.07, 6.45) is 3.49. The molecule has 6 rings (SSSR count). The predicted molar refractivity (Wildman–Crippen MR) is 164 cm³/mol. The minimum Gasteiger partial charge on any atom is -0.496 e. The molecule has 0 N–H and O–H groups in total. The normalized spacial score (nSPS) is 12.2. The van der Waals surface area contributed by atoms with Gasteiger partial charge in [-0.3, -0.25) is 14.6 Å². The van der Waals surface area contributed by atoms with Crippen molar-refractivity contribution in [3.8, 4) is 16.9 Å². The number of amides is 2. The van der Waals surface area contributed by atoms with Crippen molar-refractivity contribution in [2.24, 2.45) is 0 Å². The summed E-state index contributed by atoms with van der Waals surface area (Å²) >= 11 is 0. The van der Waals surface area contributed by atoms with E-state index in [0.29, 0.717) is 30.9 Å². The van der Waals surface area contributed by atoms with Crippen LogP contribution in [0.4, 0.5) is 5.69 Å². The van der Waals surface area contributed by atoms with Crippen molar-refractivity contribution in [2.75, 3.05) is 19.1 Å². The number of carbonyl (C=O) groups is 2. The van der Waals surface area contributed by atoms with Crippen molar-refractivity contribution in [3.05, 3.63) is 137 Å². The highest BCUT2D eigenvalue weighted by Gasteiger charge is 2.28. The number of aryl methyl sites for hydroxylation is 1. The van der Waals surface area contributed by atoms with E-state index in [0.717, 1.165) is 44.9 Å². The third-order valence-electron chi connectivity index (χ3n) is 7.83. The standard InChI is InChI=1S/C35H32N4O3/c1-24-19-26(14-16-29(24)30-11-5-7-13-33(30)42-3)34(40)39-23-28-15-17-32(38(28)22-27-10-4-6-12-31(27)39)35(41)37(2)21-25-9-8-18-36-20-25/h4-20H,21-23H2,1-3H3. The van der Waals surface area contributed by atoms with Gasteiger partial charge in [-0.15, -0.1) is 0 Å². The van der Waals surface area contributed by atoms with Crippen LogP contribution in [-0.4, -0.2) is 40.4 Å². The van der Waals surface area contributed by atoms with E-state index in [1.807, 2.05) is 107 Å². The highest BCUT2D eigenvalue weighted by molar-refractivity contribution is 6.07. The lowest BCUT2D eigenvalue weighted by molar-refractivity contribution is 0.0774. The molecule has 7 heteroatoms. The molecule has 0 fully saturated rings. The van der Waals surface area contributed by atoms with Gasteiger partial charge in [0.1, 0.15) is 11.4 Å². The number of para-hydroxylation sites is 2. The van der Waals surface area contributed by atoms with Crippen molar-refractivity contribution < 1.29 is 14.3 Å². The fraction of sp³-hybridized carbons (Fsp3) is 0.171. The molecule has 7 nitrogen and oxygen atoms in total. The Balaban J connectivity index is 1.32. The Labute approximate surface area is 245 Å². The SMILES string of the molecule is COc1ccccc1-c1ccc(C(=O)N2Cc3ccc(C(=O)N(C)Cc4cccnc4)n3Cc3ccccc32)cc1C. The first kappa shape index (κ1) is 27.0. The maximum Gasteiger partial charge on any atom is 0.270 e. The van der Waals surface area contributed by atoms with E-state index < -0.39 is 0 Å². The fourth-order valence-electron chi connectivity index (χ4n) is 5.68. The van der Waals surface area contributed by atoms with Gasteiger partial charge in [-0.25, -0.2) is 0 Å². The number of nitrogens with zero attached hydrogens (tertiary/aromatic N) is 4. The van der Waals surface area contributed by atoms with Crippen LogP contribution < -0.4 is 9.64 Å². The molecular formula is C35H32N4O3. The lowest BCUT2D eigenvalue weighted by Gasteiger charge is -2.23. The molecule has 0 atom stereocenters. The molecule has 1 aliphatic rings. The van der Waals surface area contributed by atoms with Gasteiger partial charge >= 0.3 is 0 Å². The van der Waals surface area contributed by atoms with Gasteiger partial charge < -0.3 is 19.1 Å². The van der Waals surface area contributed by atoms with E-state index in [1.165, 1.54) is 0 Å². The van der Waals surface area contributed by atoms with Crippen molar-refractivity contribution in [1.82, 2.24) is 14.5 Å². The lowest BCUT2D eigenvalue weighted by Crippen LogP contribution is -2.31. The Bertz CT molecular complexity index is 1780. The third-order valence-corrected chi connectivity index (χ3v) is 7.83. The number of anilines is 1. The van der Waals surface area contributed by atoms with Crippen molar-refractivity contribution in [3.63, 3.8) is 0 Å². The van der Waals surface area contributed by atoms with Crippen LogP contribution >= 0.6 is 0 Å². The number of hydrogen-bond donors (Lipinski definition) is 0. The van der Waals surface area contributed by atoms with Crippen LogP contribution in [0.15, 0.2) is 103 Å². The van der Waals surface area contributed by atoms with Crippen LogP contribution in [0.2, 0.25) is 0 Å². The number of hydrogen-bond acceptors (Lipinski definition) is 4. The molecule has 42 heavy (non-hydrogen) atoms. The molecule has 5 aromatic rings. The van der Waals surface area contributed by atoms with E-state index in [2.05, 4.69) is 4.98 Å². The van der Waals surface area contributed by atoms with Gasteiger partial charge in [-0.1, -0.05) is 48.5 Å². The Morgan fingerprint density at radius 3 is 2.50 bits per heavy atom. The molecule has 0 unspecified atom stereocenters. The third kappa shape index (κ3) is 5.05. The maximum atomic E-state index is 14.1. The Morgan fingerprint density at radius 1 is 0.905 bits per heavy atom. The van der Waals surface area contributed by atoms with E-state index in [1.54, 1.807) is 31.5 Å². The molecule has 0 radical (unpaired) electrons. The van der Waals surface area contributed by atoms with Gasteiger partial charge in [-0.05, 0) is 71.6 Å². The van der Waals surface area contributed by atoms with Gasteiger partial charge in [0.2, 0.25) is 0 Å². The number of methoxy groups -OCH3 is 1. The molecule has 0 aliphatic carbocycles. The van der Waals surface area contributed by atoms with Gasteiger partial charge in [-0.2, -0.15) is 0 Å². The van der Waals surface area contributed by atoms with Crippen LogP contribution in [0.5, 0.6) is 5.75 Å². The largest absolute Gasteiger partial charge is 0.496 e. The van der Waals surface area contributed by atoms with E-state index in [9.17, 15) is 9.59 Å². The predicted octanol–water partition coefficient (Wildman–Crippen LogP) is 6.35. The van der Waals surface area contributed by atoms with Crippen LogP contribution in [0.3, 0.4) is 0 Å². The van der Waals surface area contributed by atoms with Crippen molar-refractivity contribution in [1.29, 1.82) is 0 Å². The first-order valence-electron chi connectivity index (χ1n) is 13.9. The molecule has 0 spiro atoms. The molecule has 2 aromatic heterocycles. The molecule has 3 aromatic carbocycles. The number of rotatable bonds is 6. The van der Waals surface area contributed by atoms with Gasteiger partial charge in [0.15, 0.2) is 0 Å². The monoisotopic (exact) mass is 556 g/mol. The number of ether oxygens (including phenoxy) is 1. The van der Waals surface area contributed by atoms with Crippen LogP contribution in [0.25, 0.3) is 11.1 Å². The Morgan fingerprint density at radius 2 is 1.71 bits per heavy atom. The number of pyridine rings is 1. The van der Waals surface area contributed by atoms with Gasteiger partial charge in [0.05, 0.1) is 20.2 Å². The summed E-state index contributed by atoms with van der Waals surface area (Å²) in [5, 5.41) is 0. The van der Waals surface area contributed by atoms with E-state index in [4.69, 9.17) is 4.74 Å². The van der Waals surface area contributed by atoms with Crippen molar-refractivity contribution in [2.45, 2.75) is 26.6 Å². The Hall–Kier alpha value is -5.17. The molecule has 1 aliphatic heterocycles. The van der Waals surface area contributed by atoms with Gasteiger partial charge in [0.25, 0.3) is 11.8 Å². The summed E-state index contributed by atoms with van der Waals surface area (Å²) < 4.78 is 7.60. The zero-order chi connectivity index (χ0) is 29.2. The summed E-state index contributed by atoms with van der Waals surface area (Å²) in [4.78, 5) is 35.4. The zero-order valence-corrected chi connectivity index (χ0v) is 23.9. The fourth-order valence-corrected chi connectivity index (χ4v) is 5.68. The van der Waals surface area contributed by atoms with Crippen LogP contribution in [0, 0.1) is 6.92 Å². The average molecular weight is 557 g/mol. The van der Waals surface area contributed by atoms with Crippen molar-refractivity contribution >= 4 is 17.5 Å². The lowest BCUT2D eigenvalue weighted by atomic mass is 9.97. The van der Waals surface area contributed by atoms with Crippen LogP contribution in [-0.2, 0) is 19.6 Å². The second-order valence-corrected chi connectivity index (χ2v) is 10.6.